The highest BCUT2D eigenvalue weighted by molar-refractivity contribution is 8.00. The van der Waals surface area contributed by atoms with Crippen molar-refractivity contribution in [3.63, 3.8) is 0 Å². The average molecular weight is 435 g/mol. The quantitative estimate of drug-likeness (QED) is 0.521. The number of carbonyl (C=O) groups excluding carboxylic acids is 1. The second-order valence-electron chi connectivity index (χ2n) is 8.01. The predicted octanol–water partition coefficient (Wildman–Crippen LogP) is 5.73. The van der Waals surface area contributed by atoms with Crippen molar-refractivity contribution in [3.8, 4) is 0 Å². The van der Waals surface area contributed by atoms with E-state index in [-0.39, 0.29) is 11.7 Å². The first kappa shape index (κ1) is 21.4. The summed E-state index contributed by atoms with van der Waals surface area (Å²) in [7, 11) is 0. The molecule has 0 saturated heterocycles. The SMILES string of the molecule is CSC1(C(=O)NCCc2c(C)[nH]c3c(F)ccc(C)c23)C=CC(c2ccccc2)=CC1. The van der Waals surface area contributed by atoms with Crippen LogP contribution in [0.2, 0.25) is 0 Å². The molecule has 0 fully saturated rings. The number of aryl methyl sites for hydroxylation is 2. The largest absolute Gasteiger partial charge is 0.356 e. The number of thioether (sulfide) groups is 1. The van der Waals surface area contributed by atoms with Crippen LogP contribution in [0.15, 0.2) is 60.7 Å². The zero-order valence-electron chi connectivity index (χ0n) is 18.1. The maximum Gasteiger partial charge on any atom is 0.240 e. The van der Waals surface area contributed by atoms with Crippen LogP contribution in [0, 0.1) is 19.7 Å². The Bertz CT molecular complexity index is 1180. The monoisotopic (exact) mass is 434 g/mol. The molecule has 0 bridgehead atoms. The number of amides is 1. The maximum absolute atomic E-state index is 14.2. The van der Waals surface area contributed by atoms with Crippen molar-refractivity contribution >= 4 is 34.1 Å². The van der Waals surface area contributed by atoms with Crippen LogP contribution in [0.1, 0.15) is 28.8 Å². The highest BCUT2D eigenvalue weighted by Crippen LogP contribution is 2.36. The number of aromatic amines is 1. The lowest BCUT2D eigenvalue weighted by Gasteiger charge is -2.29. The third-order valence-corrected chi connectivity index (χ3v) is 7.32. The van der Waals surface area contributed by atoms with E-state index in [1.807, 2.05) is 50.5 Å². The Hall–Kier alpha value is -2.79. The fourth-order valence-corrected chi connectivity index (χ4v) is 5.00. The number of benzene rings is 2. The van der Waals surface area contributed by atoms with E-state index in [0.717, 1.165) is 33.3 Å². The van der Waals surface area contributed by atoms with Crippen molar-refractivity contribution in [1.82, 2.24) is 10.3 Å². The number of allylic oxidation sites excluding steroid dienone is 3. The molecule has 2 N–H and O–H groups in total. The third-order valence-electron chi connectivity index (χ3n) is 6.10. The summed E-state index contributed by atoms with van der Waals surface area (Å²) >= 11 is 1.56. The van der Waals surface area contributed by atoms with Crippen molar-refractivity contribution in [3.05, 3.63) is 88.9 Å². The number of rotatable bonds is 6. The molecule has 3 nitrogen and oxygen atoms in total. The van der Waals surface area contributed by atoms with E-state index in [4.69, 9.17) is 0 Å². The summed E-state index contributed by atoms with van der Waals surface area (Å²) in [5, 5.41) is 4.05. The summed E-state index contributed by atoms with van der Waals surface area (Å²) in [5.41, 5.74) is 5.90. The molecule has 5 heteroatoms. The Labute approximate surface area is 186 Å². The topological polar surface area (TPSA) is 44.9 Å². The van der Waals surface area contributed by atoms with Crippen LogP contribution >= 0.6 is 11.8 Å². The van der Waals surface area contributed by atoms with E-state index >= 15 is 0 Å². The molecular weight excluding hydrogens is 407 g/mol. The lowest BCUT2D eigenvalue weighted by Crippen LogP contribution is -2.44. The van der Waals surface area contributed by atoms with Gasteiger partial charge < -0.3 is 10.3 Å². The van der Waals surface area contributed by atoms with Crippen LogP contribution in [-0.2, 0) is 11.2 Å². The minimum absolute atomic E-state index is 0.0139. The van der Waals surface area contributed by atoms with Crippen LogP contribution in [-0.4, -0.2) is 28.4 Å². The number of hydrogen-bond donors (Lipinski definition) is 2. The number of fused-ring (bicyclic) bond motifs is 1. The zero-order valence-corrected chi connectivity index (χ0v) is 18.9. The van der Waals surface area contributed by atoms with Gasteiger partial charge in [-0.3, -0.25) is 4.79 Å². The summed E-state index contributed by atoms with van der Waals surface area (Å²) in [6.07, 6.45) is 9.48. The molecule has 160 valence electrons. The Balaban J connectivity index is 1.45. The van der Waals surface area contributed by atoms with Crippen molar-refractivity contribution in [1.29, 1.82) is 0 Å². The standard InChI is InChI=1S/C26H27FN2OS/c1-17-9-10-22(27)24-23(17)21(18(2)29-24)13-16-28-25(30)26(31-3)14-11-20(12-15-26)19-7-5-4-6-8-19/h4-12,14,29H,13,15-16H2,1-3H3,(H,28,30). The maximum atomic E-state index is 14.2. The number of H-pyrrole nitrogens is 1. The number of aromatic nitrogens is 1. The van der Waals surface area contributed by atoms with Gasteiger partial charge in [0.05, 0.1) is 5.52 Å². The van der Waals surface area contributed by atoms with Crippen molar-refractivity contribution in [2.45, 2.75) is 31.4 Å². The number of hydrogen-bond acceptors (Lipinski definition) is 2. The molecular formula is C26H27FN2OS. The van der Waals surface area contributed by atoms with Gasteiger partial charge in [0.2, 0.25) is 5.91 Å². The smallest absolute Gasteiger partial charge is 0.240 e. The summed E-state index contributed by atoms with van der Waals surface area (Å²) in [6, 6.07) is 13.5. The summed E-state index contributed by atoms with van der Waals surface area (Å²) in [4.78, 5) is 16.3. The summed E-state index contributed by atoms with van der Waals surface area (Å²) in [6.45, 7) is 4.45. The first-order valence-corrected chi connectivity index (χ1v) is 11.7. The van der Waals surface area contributed by atoms with E-state index in [0.29, 0.717) is 24.9 Å². The molecule has 4 rings (SSSR count). The second kappa shape index (κ2) is 8.75. The molecule has 0 aliphatic heterocycles. The summed E-state index contributed by atoms with van der Waals surface area (Å²) < 4.78 is 13.6. The van der Waals surface area contributed by atoms with E-state index in [9.17, 15) is 9.18 Å². The lowest BCUT2D eigenvalue weighted by atomic mass is 9.91. The average Bonchev–Trinajstić information content (AvgIpc) is 3.14. The fraction of sp³-hybridized carbons (Fsp3) is 0.269. The minimum Gasteiger partial charge on any atom is -0.356 e. The molecule has 1 atom stereocenters. The molecule has 31 heavy (non-hydrogen) atoms. The number of halogens is 1. The zero-order chi connectivity index (χ0) is 22.0. The highest BCUT2D eigenvalue weighted by Gasteiger charge is 2.35. The molecule has 3 aromatic rings. The molecule has 0 saturated carbocycles. The Morgan fingerprint density at radius 2 is 1.97 bits per heavy atom. The van der Waals surface area contributed by atoms with E-state index in [1.54, 1.807) is 17.8 Å². The van der Waals surface area contributed by atoms with Gasteiger partial charge in [0.1, 0.15) is 10.6 Å². The van der Waals surface area contributed by atoms with Crippen LogP contribution in [0.4, 0.5) is 4.39 Å². The number of nitrogens with one attached hydrogen (secondary N) is 2. The van der Waals surface area contributed by atoms with Crippen LogP contribution in [0.5, 0.6) is 0 Å². The van der Waals surface area contributed by atoms with Crippen molar-refractivity contribution < 1.29 is 9.18 Å². The van der Waals surface area contributed by atoms with Gasteiger partial charge in [0, 0.05) is 17.6 Å². The lowest BCUT2D eigenvalue weighted by molar-refractivity contribution is -0.122. The van der Waals surface area contributed by atoms with Gasteiger partial charge in [-0.05, 0) is 61.3 Å². The molecule has 1 aliphatic rings. The Morgan fingerprint density at radius 3 is 2.65 bits per heavy atom. The molecule has 1 heterocycles. The van der Waals surface area contributed by atoms with Gasteiger partial charge >= 0.3 is 0 Å². The first-order chi connectivity index (χ1) is 14.9. The van der Waals surface area contributed by atoms with Crippen molar-refractivity contribution in [2.75, 3.05) is 12.8 Å². The summed E-state index contributed by atoms with van der Waals surface area (Å²) in [5.74, 6) is -0.228. The van der Waals surface area contributed by atoms with Crippen molar-refractivity contribution in [2.24, 2.45) is 0 Å². The molecule has 1 aliphatic carbocycles. The minimum atomic E-state index is -0.602. The molecule has 1 unspecified atom stereocenters. The molecule has 0 spiro atoms. The van der Waals surface area contributed by atoms with E-state index < -0.39 is 4.75 Å². The van der Waals surface area contributed by atoms with Gasteiger partial charge in [-0.1, -0.05) is 54.6 Å². The molecule has 2 aromatic carbocycles. The predicted molar refractivity (Wildman–Crippen MR) is 129 cm³/mol. The van der Waals surface area contributed by atoms with Gasteiger partial charge in [-0.25, -0.2) is 4.39 Å². The normalized spacial score (nSPS) is 18.3. The van der Waals surface area contributed by atoms with E-state index in [2.05, 4.69) is 28.5 Å². The van der Waals surface area contributed by atoms with Crippen LogP contribution < -0.4 is 5.32 Å². The fourth-order valence-electron chi connectivity index (χ4n) is 4.29. The highest BCUT2D eigenvalue weighted by atomic mass is 32.2. The van der Waals surface area contributed by atoms with Crippen LogP contribution in [0.3, 0.4) is 0 Å². The third kappa shape index (κ3) is 4.07. The van der Waals surface area contributed by atoms with Crippen LogP contribution in [0.25, 0.3) is 16.5 Å². The van der Waals surface area contributed by atoms with Gasteiger partial charge in [0.25, 0.3) is 0 Å². The first-order valence-electron chi connectivity index (χ1n) is 10.5. The van der Waals surface area contributed by atoms with Gasteiger partial charge in [-0.15, -0.1) is 11.8 Å². The Kier molecular flexibility index (Phi) is 6.05. The van der Waals surface area contributed by atoms with E-state index in [1.165, 1.54) is 6.07 Å². The number of carbonyl (C=O) groups is 1. The Morgan fingerprint density at radius 1 is 1.19 bits per heavy atom. The van der Waals surface area contributed by atoms with Gasteiger partial charge in [-0.2, -0.15) is 0 Å². The molecule has 0 radical (unpaired) electrons. The molecule has 1 amide bonds. The molecule has 1 aromatic heterocycles. The van der Waals surface area contributed by atoms with Gasteiger partial charge in [0.15, 0.2) is 0 Å². The second-order valence-corrected chi connectivity index (χ2v) is 9.14.